The summed E-state index contributed by atoms with van der Waals surface area (Å²) in [6, 6.07) is 12.8. The van der Waals surface area contributed by atoms with Crippen molar-refractivity contribution in [2.75, 3.05) is 13.1 Å². The highest BCUT2D eigenvalue weighted by atomic mass is 16.5. The Kier molecular flexibility index (Phi) is 5.71. The summed E-state index contributed by atoms with van der Waals surface area (Å²) in [7, 11) is 0. The summed E-state index contributed by atoms with van der Waals surface area (Å²) in [5, 5.41) is 10.7. The van der Waals surface area contributed by atoms with Crippen molar-refractivity contribution in [2.45, 2.75) is 39.2 Å². The molecule has 5 heteroatoms. The van der Waals surface area contributed by atoms with Crippen LogP contribution in [-0.4, -0.2) is 39.6 Å². The molecule has 1 saturated heterocycles. The Morgan fingerprint density at radius 2 is 1.82 bits per heavy atom. The summed E-state index contributed by atoms with van der Waals surface area (Å²) < 4.78 is 5.78. The smallest absolute Gasteiger partial charge is 0.272 e. The first-order valence-corrected chi connectivity index (χ1v) is 9.49. The van der Waals surface area contributed by atoms with Crippen LogP contribution in [0, 0.1) is 17.3 Å². The van der Waals surface area contributed by atoms with Crippen LogP contribution in [0.2, 0.25) is 0 Å². The van der Waals surface area contributed by atoms with Crippen LogP contribution in [0.3, 0.4) is 0 Å². The summed E-state index contributed by atoms with van der Waals surface area (Å²) in [6.45, 7) is 6.92. The number of ether oxygens (including phenoxy) is 1. The zero-order chi connectivity index (χ0) is 20.2. The third-order valence-electron chi connectivity index (χ3n) is 4.48. The first kappa shape index (κ1) is 19.9. The van der Waals surface area contributed by atoms with Crippen LogP contribution in [0.15, 0.2) is 48.7 Å². The number of piperidine rings is 1. The number of aliphatic hydroxyl groups is 1. The SMILES string of the molecule is CC(C)(C)C#CC1(O)CCN(C(=O)c2cc(Oc3ccccc3)ccn2)CC1. The van der Waals surface area contributed by atoms with Gasteiger partial charge in [-0.05, 0) is 39.0 Å². The van der Waals surface area contributed by atoms with E-state index in [1.54, 1.807) is 23.2 Å². The fourth-order valence-corrected chi connectivity index (χ4v) is 2.89. The average molecular weight is 378 g/mol. The van der Waals surface area contributed by atoms with Crippen LogP contribution >= 0.6 is 0 Å². The lowest BCUT2D eigenvalue weighted by molar-refractivity contribution is 0.0244. The van der Waals surface area contributed by atoms with Crippen LogP contribution in [0.1, 0.15) is 44.1 Å². The predicted molar refractivity (Wildman–Crippen MR) is 108 cm³/mol. The fourth-order valence-electron chi connectivity index (χ4n) is 2.89. The minimum absolute atomic E-state index is 0.161. The number of carbonyl (C=O) groups excluding carboxylic acids is 1. The van der Waals surface area contributed by atoms with E-state index in [-0.39, 0.29) is 11.3 Å². The molecule has 3 rings (SSSR count). The summed E-state index contributed by atoms with van der Waals surface area (Å²) in [6.07, 6.45) is 2.44. The lowest BCUT2D eigenvalue weighted by Gasteiger charge is -2.35. The first-order valence-electron chi connectivity index (χ1n) is 9.49. The van der Waals surface area contributed by atoms with Gasteiger partial charge in [0.25, 0.3) is 5.91 Å². The van der Waals surface area contributed by atoms with Crippen LogP contribution in [0.4, 0.5) is 0 Å². The fraction of sp³-hybridized carbons (Fsp3) is 0.391. The van der Waals surface area contributed by atoms with Crippen molar-refractivity contribution in [1.82, 2.24) is 9.88 Å². The van der Waals surface area contributed by atoms with Gasteiger partial charge in [0.05, 0.1) is 0 Å². The quantitative estimate of drug-likeness (QED) is 0.823. The van der Waals surface area contributed by atoms with E-state index in [4.69, 9.17) is 4.74 Å². The summed E-state index contributed by atoms with van der Waals surface area (Å²) in [5.74, 6) is 7.21. The Balaban J connectivity index is 1.65. The minimum Gasteiger partial charge on any atom is -0.457 e. The normalized spacial score (nSPS) is 16.1. The van der Waals surface area contributed by atoms with Crippen LogP contribution in [-0.2, 0) is 0 Å². The first-order chi connectivity index (χ1) is 13.2. The maximum atomic E-state index is 12.8. The lowest BCUT2D eigenvalue weighted by Crippen LogP contribution is -2.46. The van der Waals surface area contributed by atoms with Crippen LogP contribution in [0.5, 0.6) is 11.5 Å². The molecule has 1 N–H and O–H groups in total. The van der Waals surface area contributed by atoms with Crippen molar-refractivity contribution >= 4 is 5.91 Å². The summed E-state index contributed by atoms with van der Waals surface area (Å²) >= 11 is 0. The molecule has 0 radical (unpaired) electrons. The van der Waals surface area contributed by atoms with Gasteiger partial charge in [-0.3, -0.25) is 9.78 Å². The maximum absolute atomic E-state index is 12.8. The largest absolute Gasteiger partial charge is 0.457 e. The minimum atomic E-state index is -1.03. The molecule has 0 saturated carbocycles. The number of para-hydroxylation sites is 1. The molecule has 1 aliphatic rings. The number of amides is 1. The summed E-state index contributed by atoms with van der Waals surface area (Å²) in [4.78, 5) is 18.7. The second kappa shape index (κ2) is 8.04. The van der Waals surface area contributed by atoms with E-state index in [1.807, 2.05) is 51.1 Å². The molecule has 146 valence electrons. The van der Waals surface area contributed by atoms with Gasteiger partial charge in [0.15, 0.2) is 0 Å². The molecular weight excluding hydrogens is 352 g/mol. The Labute approximate surface area is 166 Å². The highest BCUT2D eigenvalue weighted by molar-refractivity contribution is 5.92. The van der Waals surface area contributed by atoms with Crippen molar-refractivity contribution in [1.29, 1.82) is 0 Å². The number of aromatic nitrogens is 1. The molecule has 0 aliphatic carbocycles. The van der Waals surface area contributed by atoms with Gasteiger partial charge in [0, 0.05) is 43.6 Å². The van der Waals surface area contributed by atoms with Gasteiger partial charge < -0.3 is 14.7 Å². The number of hydrogen-bond acceptors (Lipinski definition) is 4. The van der Waals surface area contributed by atoms with Crippen LogP contribution < -0.4 is 4.74 Å². The van der Waals surface area contributed by atoms with Gasteiger partial charge in [0.2, 0.25) is 0 Å². The van der Waals surface area contributed by atoms with Gasteiger partial charge >= 0.3 is 0 Å². The van der Waals surface area contributed by atoms with Crippen molar-refractivity contribution in [3.05, 3.63) is 54.4 Å². The molecule has 2 aromatic rings. The van der Waals surface area contributed by atoms with E-state index < -0.39 is 5.60 Å². The Hall–Kier alpha value is -2.84. The molecule has 5 nitrogen and oxygen atoms in total. The highest BCUT2D eigenvalue weighted by Crippen LogP contribution is 2.25. The second-order valence-electron chi connectivity index (χ2n) is 8.12. The molecule has 2 heterocycles. The van der Waals surface area contributed by atoms with Crippen molar-refractivity contribution < 1.29 is 14.6 Å². The van der Waals surface area contributed by atoms with Crippen molar-refractivity contribution in [3.8, 4) is 23.3 Å². The monoisotopic (exact) mass is 378 g/mol. The highest BCUT2D eigenvalue weighted by Gasteiger charge is 2.33. The van der Waals surface area contributed by atoms with Gasteiger partial charge in [-0.15, -0.1) is 0 Å². The van der Waals surface area contributed by atoms with Gasteiger partial charge in [-0.1, -0.05) is 30.0 Å². The molecule has 1 fully saturated rings. The number of carbonyl (C=O) groups is 1. The molecule has 1 aliphatic heterocycles. The molecule has 0 atom stereocenters. The van der Waals surface area contributed by atoms with Gasteiger partial charge in [-0.25, -0.2) is 0 Å². The Morgan fingerprint density at radius 3 is 2.46 bits per heavy atom. The van der Waals surface area contributed by atoms with E-state index in [0.29, 0.717) is 43.1 Å². The molecule has 1 amide bonds. The van der Waals surface area contributed by atoms with Crippen LogP contribution in [0.25, 0.3) is 0 Å². The molecular formula is C23H26N2O3. The molecule has 0 unspecified atom stereocenters. The number of rotatable bonds is 3. The van der Waals surface area contributed by atoms with E-state index in [9.17, 15) is 9.90 Å². The maximum Gasteiger partial charge on any atom is 0.272 e. The molecule has 0 spiro atoms. The summed E-state index contributed by atoms with van der Waals surface area (Å²) in [5.41, 5.74) is -0.860. The molecule has 1 aromatic heterocycles. The molecule has 1 aromatic carbocycles. The van der Waals surface area contributed by atoms with Gasteiger partial charge in [-0.2, -0.15) is 0 Å². The number of hydrogen-bond donors (Lipinski definition) is 1. The van der Waals surface area contributed by atoms with Crippen molar-refractivity contribution in [2.24, 2.45) is 5.41 Å². The Bertz CT molecular complexity index is 883. The average Bonchev–Trinajstić information content (AvgIpc) is 2.67. The van der Waals surface area contributed by atoms with Crippen molar-refractivity contribution in [3.63, 3.8) is 0 Å². The lowest BCUT2D eigenvalue weighted by atomic mass is 9.89. The van der Waals surface area contributed by atoms with E-state index >= 15 is 0 Å². The predicted octanol–water partition coefficient (Wildman–Crippen LogP) is 3.89. The molecule has 0 bridgehead atoms. The topological polar surface area (TPSA) is 62.7 Å². The van der Waals surface area contributed by atoms with E-state index in [0.717, 1.165) is 0 Å². The zero-order valence-corrected chi connectivity index (χ0v) is 16.6. The standard InChI is InChI=1S/C23H26N2O3/c1-22(2,3)10-11-23(27)12-15-25(16-13-23)21(26)20-17-19(9-14-24-20)28-18-7-5-4-6-8-18/h4-9,14,17,27H,12-13,15-16H2,1-3H3. The third kappa shape index (κ3) is 5.34. The number of benzene rings is 1. The van der Waals surface area contributed by atoms with E-state index in [1.165, 1.54) is 0 Å². The van der Waals surface area contributed by atoms with E-state index in [2.05, 4.69) is 16.8 Å². The number of pyridine rings is 1. The second-order valence-corrected chi connectivity index (χ2v) is 8.12. The molecule has 28 heavy (non-hydrogen) atoms. The number of nitrogens with zero attached hydrogens (tertiary/aromatic N) is 2. The number of likely N-dealkylation sites (tertiary alicyclic amines) is 1. The third-order valence-corrected chi connectivity index (χ3v) is 4.48. The van der Waals surface area contributed by atoms with Gasteiger partial charge in [0.1, 0.15) is 22.8 Å². The zero-order valence-electron chi connectivity index (χ0n) is 16.6. The Morgan fingerprint density at radius 1 is 1.14 bits per heavy atom.